The van der Waals surface area contributed by atoms with Crippen LogP contribution in [-0.2, 0) is 12.0 Å². The van der Waals surface area contributed by atoms with Crippen LogP contribution in [0, 0.1) is 0 Å². The Balaban J connectivity index is 1.96. The van der Waals surface area contributed by atoms with Crippen LogP contribution in [0.5, 0.6) is 5.75 Å². The van der Waals surface area contributed by atoms with Crippen LogP contribution in [0.1, 0.15) is 57.2 Å². The Labute approximate surface area is 129 Å². The molecule has 0 atom stereocenters. The van der Waals surface area contributed by atoms with Gasteiger partial charge in [0.1, 0.15) is 12.4 Å². The highest BCUT2D eigenvalue weighted by Gasteiger charge is 2.12. The second-order valence-corrected chi connectivity index (χ2v) is 6.96. The van der Waals surface area contributed by atoms with Crippen LogP contribution >= 0.6 is 0 Å². The van der Waals surface area contributed by atoms with Crippen LogP contribution in [0.25, 0.3) is 0 Å². The highest BCUT2D eigenvalue weighted by Crippen LogP contribution is 2.24. The first-order valence-electron chi connectivity index (χ1n) is 7.68. The Bertz CT molecular complexity index is 556. The molecular formula is C20H26O. The molecule has 0 bridgehead atoms. The Morgan fingerprint density at radius 3 is 1.90 bits per heavy atom. The Kier molecular flexibility index (Phi) is 4.72. The van der Waals surface area contributed by atoms with Gasteiger partial charge < -0.3 is 4.74 Å². The van der Waals surface area contributed by atoms with Crippen LogP contribution in [0.3, 0.4) is 0 Å². The summed E-state index contributed by atoms with van der Waals surface area (Å²) >= 11 is 0. The zero-order valence-corrected chi connectivity index (χ0v) is 13.8. The molecule has 0 spiro atoms. The second-order valence-electron chi connectivity index (χ2n) is 6.96. The van der Waals surface area contributed by atoms with E-state index >= 15 is 0 Å². The summed E-state index contributed by atoms with van der Waals surface area (Å²) in [5.74, 6) is 1.50. The van der Waals surface area contributed by atoms with E-state index in [1.165, 1.54) is 16.7 Å². The van der Waals surface area contributed by atoms with Crippen molar-refractivity contribution in [2.45, 2.75) is 52.6 Å². The van der Waals surface area contributed by atoms with Gasteiger partial charge in [-0.3, -0.25) is 0 Å². The van der Waals surface area contributed by atoms with Gasteiger partial charge in [0, 0.05) is 0 Å². The van der Waals surface area contributed by atoms with Crippen LogP contribution < -0.4 is 4.74 Å². The fourth-order valence-corrected chi connectivity index (χ4v) is 2.22. The SMILES string of the molecule is CC(C)c1ccc(COc2ccc(C(C)(C)C)cc2)cc1. The highest BCUT2D eigenvalue weighted by atomic mass is 16.5. The van der Waals surface area contributed by atoms with Gasteiger partial charge >= 0.3 is 0 Å². The van der Waals surface area contributed by atoms with E-state index in [-0.39, 0.29) is 5.41 Å². The van der Waals surface area contributed by atoms with Gasteiger partial charge in [0.25, 0.3) is 0 Å². The molecule has 1 heteroatoms. The van der Waals surface area contributed by atoms with Crippen LogP contribution in [0.4, 0.5) is 0 Å². The lowest BCUT2D eigenvalue weighted by molar-refractivity contribution is 0.306. The standard InChI is InChI=1S/C20H26O/c1-15(2)17-8-6-16(7-9-17)14-21-19-12-10-18(11-13-19)20(3,4)5/h6-13,15H,14H2,1-5H3. The maximum atomic E-state index is 5.86. The highest BCUT2D eigenvalue weighted by molar-refractivity contribution is 5.31. The summed E-state index contributed by atoms with van der Waals surface area (Å²) in [4.78, 5) is 0. The molecule has 0 fully saturated rings. The van der Waals surface area contributed by atoms with Crippen molar-refractivity contribution in [2.24, 2.45) is 0 Å². The molecule has 0 saturated heterocycles. The first-order valence-corrected chi connectivity index (χ1v) is 7.68. The summed E-state index contributed by atoms with van der Waals surface area (Å²) in [6.45, 7) is 11.7. The third-order valence-corrected chi connectivity index (χ3v) is 3.77. The molecule has 0 saturated carbocycles. The lowest BCUT2D eigenvalue weighted by atomic mass is 9.87. The van der Waals surface area contributed by atoms with Crippen molar-refractivity contribution < 1.29 is 4.74 Å². The average Bonchev–Trinajstić information content (AvgIpc) is 2.45. The Hall–Kier alpha value is -1.76. The van der Waals surface area contributed by atoms with Gasteiger partial charge in [0.15, 0.2) is 0 Å². The van der Waals surface area contributed by atoms with Crippen molar-refractivity contribution in [1.29, 1.82) is 0 Å². The normalized spacial score (nSPS) is 11.7. The molecule has 0 aliphatic rings. The molecule has 0 aliphatic carbocycles. The largest absolute Gasteiger partial charge is 0.489 e. The molecule has 0 N–H and O–H groups in total. The van der Waals surface area contributed by atoms with E-state index in [9.17, 15) is 0 Å². The zero-order valence-electron chi connectivity index (χ0n) is 13.8. The zero-order chi connectivity index (χ0) is 15.5. The van der Waals surface area contributed by atoms with Crippen LogP contribution in [0.15, 0.2) is 48.5 Å². The molecule has 0 aliphatic heterocycles. The van der Waals surface area contributed by atoms with Crippen molar-refractivity contribution in [3.8, 4) is 5.75 Å². The number of rotatable bonds is 4. The fraction of sp³-hybridized carbons (Fsp3) is 0.400. The van der Waals surface area contributed by atoms with Crippen molar-refractivity contribution >= 4 is 0 Å². The summed E-state index contributed by atoms with van der Waals surface area (Å²) < 4.78 is 5.86. The van der Waals surface area contributed by atoms with Crippen molar-refractivity contribution in [1.82, 2.24) is 0 Å². The lowest BCUT2D eigenvalue weighted by Crippen LogP contribution is -2.10. The van der Waals surface area contributed by atoms with Gasteiger partial charge in [-0.05, 0) is 40.2 Å². The van der Waals surface area contributed by atoms with Crippen LogP contribution in [0.2, 0.25) is 0 Å². The first-order chi connectivity index (χ1) is 9.86. The predicted octanol–water partition coefficient (Wildman–Crippen LogP) is 5.69. The third-order valence-electron chi connectivity index (χ3n) is 3.77. The molecule has 0 radical (unpaired) electrons. The summed E-state index contributed by atoms with van der Waals surface area (Å²) in [6, 6.07) is 17.1. The van der Waals surface area contributed by atoms with Crippen molar-refractivity contribution in [3.05, 3.63) is 65.2 Å². The first kappa shape index (κ1) is 15.6. The molecule has 21 heavy (non-hydrogen) atoms. The van der Waals surface area contributed by atoms with E-state index in [4.69, 9.17) is 4.74 Å². The minimum atomic E-state index is 0.186. The van der Waals surface area contributed by atoms with Gasteiger partial charge in [0.05, 0.1) is 0 Å². The molecule has 0 unspecified atom stereocenters. The monoisotopic (exact) mass is 282 g/mol. The third kappa shape index (κ3) is 4.35. The lowest BCUT2D eigenvalue weighted by Gasteiger charge is -2.19. The van der Waals surface area contributed by atoms with Gasteiger partial charge in [-0.15, -0.1) is 0 Å². The van der Waals surface area contributed by atoms with E-state index in [1.807, 2.05) is 0 Å². The quantitative estimate of drug-likeness (QED) is 0.700. The smallest absolute Gasteiger partial charge is 0.119 e. The molecule has 2 aromatic rings. The van der Waals surface area contributed by atoms with Crippen molar-refractivity contribution in [3.63, 3.8) is 0 Å². The molecular weight excluding hydrogens is 256 g/mol. The molecule has 0 amide bonds. The predicted molar refractivity (Wildman–Crippen MR) is 90.0 cm³/mol. The molecule has 1 nitrogen and oxygen atoms in total. The molecule has 2 aromatic carbocycles. The van der Waals surface area contributed by atoms with E-state index < -0.39 is 0 Å². The topological polar surface area (TPSA) is 9.23 Å². The minimum Gasteiger partial charge on any atom is -0.489 e. The van der Waals surface area contributed by atoms with Gasteiger partial charge in [0.2, 0.25) is 0 Å². The Morgan fingerprint density at radius 2 is 1.43 bits per heavy atom. The van der Waals surface area contributed by atoms with E-state index in [2.05, 4.69) is 83.1 Å². The van der Waals surface area contributed by atoms with E-state index in [0.717, 1.165) is 5.75 Å². The summed E-state index contributed by atoms with van der Waals surface area (Å²) in [5, 5.41) is 0. The molecule has 0 aromatic heterocycles. The maximum Gasteiger partial charge on any atom is 0.119 e. The van der Waals surface area contributed by atoms with E-state index in [0.29, 0.717) is 12.5 Å². The van der Waals surface area contributed by atoms with Crippen LogP contribution in [-0.4, -0.2) is 0 Å². The average molecular weight is 282 g/mol. The van der Waals surface area contributed by atoms with Gasteiger partial charge in [-0.25, -0.2) is 0 Å². The molecule has 112 valence electrons. The number of ether oxygens (including phenoxy) is 1. The summed E-state index contributed by atoms with van der Waals surface area (Å²) in [7, 11) is 0. The Morgan fingerprint density at radius 1 is 0.857 bits per heavy atom. The summed E-state index contributed by atoms with van der Waals surface area (Å²) in [5.41, 5.74) is 4.09. The minimum absolute atomic E-state index is 0.186. The second kappa shape index (κ2) is 6.34. The molecule has 0 heterocycles. The maximum absolute atomic E-state index is 5.86. The van der Waals surface area contributed by atoms with Gasteiger partial charge in [-0.2, -0.15) is 0 Å². The molecule has 2 rings (SSSR count). The van der Waals surface area contributed by atoms with Crippen molar-refractivity contribution in [2.75, 3.05) is 0 Å². The summed E-state index contributed by atoms with van der Waals surface area (Å²) in [6.07, 6.45) is 0. The number of benzene rings is 2. The van der Waals surface area contributed by atoms with E-state index in [1.54, 1.807) is 0 Å². The number of hydrogen-bond donors (Lipinski definition) is 0. The number of hydrogen-bond acceptors (Lipinski definition) is 1. The fourth-order valence-electron chi connectivity index (χ4n) is 2.22. The van der Waals surface area contributed by atoms with Gasteiger partial charge in [-0.1, -0.05) is 71.0 Å².